The Morgan fingerprint density at radius 1 is 0.900 bits per heavy atom. The molecular formula is C8H6Cl2. The molecular weight excluding hydrogens is 167 g/mol. The van der Waals surface area contributed by atoms with Gasteiger partial charge >= 0.3 is 0 Å². The lowest BCUT2D eigenvalue weighted by molar-refractivity contribution is 1.33. The topological polar surface area (TPSA) is 0 Å². The first kappa shape index (κ1) is 7.90. The van der Waals surface area contributed by atoms with Crippen LogP contribution in [-0.2, 0) is 0 Å². The molecule has 2 radical (unpaired) electrons. The number of benzene rings is 1. The summed E-state index contributed by atoms with van der Waals surface area (Å²) in [5.41, 5.74) is 1.95. The standard InChI is InChI=1S/C8H6Cl2/c1-5-6(2)8(10)4-3-7(5)9/h1-2H3. The summed E-state index contributed by atoms with van der Waals surface area (Å²) in [6.45, 7) is 3.82. The van der Waals surface area contributed by atoms with Crippen LogP contribution in [0.5, 0.6) is 0 Å². The summed E-state index contributed by atoms with van der Waals surface area (Å²) in [7, 11) is 0. The zero-order valence-corrected chi connectivity index (χ0v) is 7.27. The van der Waals surface area contributed by atoms with Gasteiger partial charge in [0.15, 0.2) is 0 Å². The number of hydrogen-bond acceptors (Lipinski definition) is 0. The van der Waals surface area contributed by atoms with E-state index in [1.165, 1.54) is 0 Å². The van der Waals surface area contributed by atoms with E-state index in [4.69, 9.17) is 23.2 Å². The van der Waals surface area contributed by atoms with Gasteiger partial charge in [-0.25, -0.2) is 0 Å². The van der Waals surface area contributed by atoms with E-state index in [-0.39, 0.29) is 0 Å². The molecule has 1 aromatic rings. The van der Waals surface area contributed by atoms with Crippen LogP contribution < -0.4 is 0 Å². The summed E-state index contributed by atoms with van der Waals surface area (Å²) >= 11 is 11.5. The van der Waals surface area contributed by atoms with Crippen molar-refractivity contribution in [2.24, 2.45) is 0 Å². The van der Waals surface area contributed by atoms with Crippen molar-refractivity contribution < 1.29 is 0 Å². The molecule has 0 saturated carbocycles. The van der Waals surface area contributed by atoms with Crippen LogP contribution in [0.15, 0.2) is 0 Å². The van der Waals surface area contributed by atoms with Gasteiger partial charge in [0.05, 0.1) is 10.0 Å². The van der Waals surface area contributed by atoms with Gasteiger partial charge in [-0.05, 0) is 25.0 Å². The van der Waals surface area contributed by atoms with Crippen molar-refractivity contribution in [1.29, 1.82) is 0 Å². The third-order valence-corrected chi connectivity index (χ3v) is 2.26. The van der Waals surface area contributed by atoms with Crippen LogP contribution in [0.3, 0.4) is 0 Å². The molecule has 0 nitrogen and oxygen atoms in total. The first-order valence-electron chi connectivity index (χ1n) is 2.88. The molecule has 0 atom stereocenters. The van der Waals surface area contributed by atoms with Gasteiger partial charge in [0.1, 0.15) is 0 Å². The molecule has 0 heterocycles. The van der Waals surface area contributed by atoms with E-state index < -0.39 is 0 Å². The van der Waals surface area contributed by atoms with Crippen LogP contribution in [0.2, 0.25) is 10.0 Å². The summed E-state index contributed by atoms with van der Waals surface area (Å²) < 4.78 is 0. The fraction of sp³-hybridized carbons (Fsp3) is 0.250. The van der Waals surface area contributed by atoms with Gasteiger partial charge < -0.3 is 0 Å². The summed E-state index contributed by atoms with van der Waals surface area (Å²) in [6.07, 6.45) is 0. The Morgan fingerprint density at radius 3 is 1.50 bits per heavy atom. The van der Waals surface area contributed by atoms with Crippen molar-refractivity contribution in [3.05, 3.63) is 33.3 Å². The van der Waals surface area contributed by atoms with E-state index in [9.17, 15) is 0 Å². The maximum Gasteiger partial charge on any atom is 0.0524 e. The lowest BCUT2D eigenvalue weighted by Gasteiger charge is -2.01. The third kappa shape index (κ3) is 1.28. The molecule has 0 aliphatic heterocycles. The second-order valence-corrected chi connectivity index (χ2v) is 2.88. The lowest BCUT2D eigenvalue weighted by atomic mass is 10.1. The van der Waals surface area contributed by atoms with Gasteiger partial charge in [0.2, 0.25) is 0 Å². The normalized spacial score (nSPS) is 10.0. The average molecular weight is 173 g/mol. The van der Waals surface area contributed by atoms with Crippen LogP contribution in [-0.4, -0.2) is 0 Å². The van der Waals surface area contributed by atoms with Gasteiger partial charge in [0.25, 0.3) is 0 Å². The van der Waals surface area contributed by atoms with Gasteiger partial charge in [0, 0.05) is 12.1 Å². The average Bonchev–Trinajstić information content (AvgIpc) is 1.93. The lowest BCUT2D eigenvalue weighted by Crippen LogP contribution is -1.83. The highest BCUT2D eigenvalue weighted by Crippen LogP contribution is 2.23. The second kappa shape index (κ2) is 2.81. The number of hydrogen-bond donors (Lipinski definition) is 0. The molecule has 0 unspecified atom stereocenters. The minimum Gasteiger partial charge on any atom is -0.0833 e. The zero-order valence-electron chi connectivity index (χ0n) is 5.76. The van der Waals surface area contributed by atoms with Crippen molar-refractivity contribution >= 4 is 23.2 Å². The van der Waals surface area contributed by atoms with Crippen LogP contribution in [0.1, 0.15) is 11.1 Å². The van der Waals surface area contributed by atoms with Crippen molar-refractivity contribution in [2.45, 2.75) is 13.8 Å². The molecule has 0 saturated heterocycles. The Hall–Kier alpha value is -0.200. The zero-order chi connectivity index (χ0) is 7.72. The highest BCUT2D eigenvalue weighted by atomic mass is 35.5. The Kier molecular flexibility index (Phi) is 2.22. The van der Waals surface area contributed by atoms with Gasteiger partial charge in [-0.1, -0.05) is 23.2 Å². The first-order chi connectivity index (χ1) is 4.63. The number of halogens is 2. The predicted octanol–water partition coefficient (Wildman–Crippen LogP) is 3.21. The SMILES string of the molecule is Cc1c(Cl)[c][c]c(Cl)c1C. The molecule has 0 spiro atoms. The van der Waals surface area contributed by atoms with Crippen molar-refractivity contribution in [1.82, 2.24) is 0 Å². The quantitative estimate of drug-likeness (QED) is 0.565. The predicted molar refractivity (Wildman–Crippen MR) is 43.6 cm³/mol. The Morgan fingerprint density at radius 2 is 1.20 bits per heavy atom. The minimum absolute atomic E-state index is 0.599. The molecule has 52 valence electrons. The maximum absolute atomic E-state index is 5.74. The van der Waals surface area contributed by atoms with E-state index in [1.54, 1.807) is 0 Å². The summed E-state index contributed by atoms with van der Waals surface area (Å²) in [5.74, 6) is 0. The van der Waals surface area contributed by atoms with Crippen molar-refractivity contribution in [3.63, 3.8) is 0 Å². The van der Waals surface area contributed by atoms with Crippen LogP contribution in [0.4, 0.5) is 0 Å². The molecule has 0 aromatic heterocycles. The molecule has 2 heteroatoms. The monoisotopic (exact) mass is 172 g/mol. The Bertz CT molecular complexity index is 227. The molecule has 10 heavy (non-hydrogen) atoms. The highest BCUT2D eigenvalue weighted by Gasteiger charge is 2.01. The molecule has 0 N–H and O–H groups in total. The van der Waals surface area contributed by atoms with Crippen LogP contribution in [0.25, 0.3) is 0 Å². The molecule has 1 aromatic carbocycles. The molecule has 0 aliphatic carbocycles. The molecule has 0 bridgehead atoms. The smallest absolute Gasteiger partial charge is 0.0524 e. The number of rotatable bonds is 0. The van der Waals surface area contributed by atoms with Crippen LogP contribution >= 0.6 is 23.2 Å². The fourth-order valence-electron chi connectivity index (χ4n) is 0.626. The first-order valence-corrected chi connectivity index (χ1v) is 3.63. The van der Waals surface area contributed by atoms with Crippen molar-refractivity contribution in [3.8, 4) is 0 Å². The van der Waals surface area contributed by atoms with Crippen LogP contribution in [0, 0.1) is 26.0 Å². The summed E-state index contributed by atoms with van der Waals surface area (Å²) in [6, 6.07) is 5.43. The van der Waals surface area contributed by atoms with Gasteiger partial charge in [-0.2, -0.15) is 0 Å². The summed E-state index contributed by atoms with van der Waals surface area (Å²) in [4.78, 5) is 0. The van der Waals surface area contributed by atoms with Gasteiger partial charge in [-0.3, -0.25) is 0 Å². The van der Waals surface area contributed by atoms with Crippen molar-refractivity contribution in [2.75, 3.05) is 0 Å². The molecule has 0 fully saturated rings. The van der Waals surface area contributed by atoms with E-state index in [0.717, 1.165) is 11.1 Å². The highest BCUT2D eigenvalue weighted by molar-refractivity contribution is 6.33. The third-order valence-electron chi connectivity index (χ3n) is 1.50. The van der Waals surface area contributed by atoms with Gasteiger partial charge in [-0.15, -0.1) is 0 Å². The van der Waals surface area contributed by atoms with E-state index in [0.29, 0.717) is 10.0 Å². The van der Waals surface area contributed by atoms with E-state index in [2.05, 4.69) is 12.1 Å². The molecule has 0 aliphatic rings. The summed E-state index contributed by atoms with van der Waals surface area (Å²) in [5, 5.41) is 1.20. The second-order valence-electron chi connectivity index (χ2n) is 2.13. The molecule has 1 rings (SSSR count). The Labute approximate surface area is 70.8 Å². The fourth-order valence-corrected chi connectivity index (χ4v) is 1.00. The largest absolute Gasteiger partial charge is 0.0833 e. The van der Waals surface area contributed by atoms with E-state index in [1.807, 2.05) is 13.8 Å². The Balaban J connectivity index is 3.34. The minimum atomic E-state index is 0.599. The van der Waals surface area contributed by atoms with E-state index >= 15 is 0 Å². The molecule has 0 amide bonds. The maximum atomic E-state index is 5.74.